The van der Waals surface area contributed by atoms with Gasteiger partial charge in [-0.15, -0.1) is 24.0 Å². The van der Waals surface area contributed by atoms with Crippen LogP contribution in [0.4, 0.5) is 0 Å². The Morgan fingerprint density at radius 1 is 1.04 bits per heavy atom. The average molecular weight is 448 g/mol. The van der Waals surface area contributed by atoms with Crippen LogP contribution in [0.1, 0.15) is 16.7 Å². The molecular weight excluding hydrogens is 423 g/mol. The lowest BCUT2D eigenvalue weighted by atomic mass is 10.1. The molecule has 3 rings (SSSR count). The zero-order valence-electron chi connectivity index (χ0n) is 14.7. The van der Waals surface area contributed by atoms with Crippen LogP contribution in [0.3, 0.4) is 0 Å². The second kappa shape index (κ2) is 9.46. The van der Waals surface area contributed by atoms with Crippen LogP contribution in [0.25, 0.3) is 10.9 Å². The lowest BCUT2D eigenvalue weighted by Gasteiger charge is -2.12. The second-order valence-electron chi connectivity index (χ2n) is 5.90. The van der Waals surface area contributed by atoms with E-state index >= 15 is 0 Å². The van der Waals surface area contributed by atoms with E-state index in [1.54, 1.807) is 7.05 Å². The number of nitrogens with zero attached hydrogens (tertiary/aromatic N) is 1. The van der Waals surface area contributed by atoms with Crippen LogP contribution >= 0.6 is 24.0 Å². The predicted molar refractivity (Wildman–Crippen MR) is 117 cm³/mol. The van der Waals surface area contributed by atoms with Crippen molar-refractivity contribution in [2.45, 2.75) is 19.9 Å². The molecule has 0 unspecified atom stereocenters. The minimum atomic E-state index is 0. The number of fused-ring (bicyclic) bond motifs is 1. The van der Waals surface area contributed by atoms with E-state index in [1.807, 2.05) is 18.2 Å². The Bertz CT molecular complexity index is 824. The van der Waals surface area contributed by atoms with Crippen molar-refractivity contribution in [2.24, 2.45) is 4.99 Å². The SMILES string of the molecule is CN=C(NCCc1c[nH]c2cccc(C)c12)NCc1ccccc1.I. The number of guanidine groups is 1. The summed E-state index contributed by atoms with van der Waals surface area (Å²) in [6.45, 7) is 3.77. The van der Waals surface area contributed by atoms with Crippen molar-refractivity contribution in [3.8, 4) is 0 Å². The molecule has 4 nitrogen and oxygen atoms in total. The van der Waals surface area contributed by atoms with Gasteiger partial charge in [0.2, 0.25) is 0 Å². The van der Waals surface area contributed by atoms with E-state index in [1.165, 1.54) is 27.6 Å². The zero-order chi connectivity index (χ0) is 16.8. The minimum Gasteiger partial charge on any atom is -0.361 e. The molecule has 0 saturated carbocycles. The van der Waals surface area contributed by atoms with Gasteiger partial charge in [0.25, 0.3) is 0 Å². The lowest BCUT2D eigenvalue weighted by molar-refractivity contribution is 0.796. The van der Waals surface area contributed by atoms with Crippen LogP contribution < -0.4 is 10.6 Å². The highest BCUT2D eigenvalue weighted by Crippen LogP contribution is 2.22. The topological polar surface area (TPSA) is 52.2 Å². The molecule has 1 heterocycles. The molecule has 0 atom stereocenters. The highest BCUT2D eigenvalue weighted by Gasteiger charge is 2.06. The molecule has 0 aliphatic heterocycles. The fourth-order valence-corrected chi connectivity index (χ4v) is 2.97. The summed E-state index contributed by atoms with van der Waals surface area (Å²) in [7, 11) is 1.80. The van der Waals surface area contributed by atoms with Crippen LogP contribution in [0, 0.1) is 6.92 Å². The van der Waals surface area contributed by atoms with Gasteiger partial charge in [-0.1, -0.05) is 42.5 Å². The maximum Gasteiger partial charge on any atom is 0.191 e. The maximum absolute atomic E-state index is 4.29. The fraction of sp³-hybridized carbons (Fsp3) is 0.250. The van der Waals surface area contributed by atoms with E-state index in [0.29, 0.717) is 0 Å². The van der Waals surface area contributed by atoms with Crippen molar-refractivity contribution in [3.05, 3.63) is 71.4 Å². The van der Waals surface area contributed by atoms with Crippen molar-refractivity contribution in [3.63, 3.8) is 0 Å². The second-order valence-corrected chi connectivity index (χ2v) is 5.90. The number of rotatable bonds is 5. The zero-order valence-corrected chi connectivity index (χ0v) is 17.0. The van der Waals surface area contributed by atoms with Gasteiger partial charge in [0.05, 0.1) is 0 Å². The molecule has 5 heteroatoms. The van der Waals surface area contributed by atoms with Gasteiger partial charge in [-0.05, 0) is 36.1 Å². The molecule has 0 bridgehead atoms. The van der Waals surface area contributed by atoms with Gasteiger partial charge in [0.15, 0.2) is 5.96 Å². The summed E-state index contributed by atoms with van der Waals surface area (Å²) in [5.74, 6) is 0.829. The summed E-state index contributed by atoms with van der Waals surface area (Å²) >= 11 is 0. The summed E-state index contributed by atoms with van der Waals surface area (Å²) < 4.78 is 0. The lowest BCUT2D eigenvalue weighted by Crippen LogP contribution is -2.37. The molecule has 132 valence electrons. The fourth-order valence-electron chi connectivity index (χ4n) is 2.97. The van der Waals surface area contributed by atoms with Crippen LogP contribution in [-0.4, -0.2) is 24.5 Å². The Labute approximate surface area is 166 Å². The van der Waals surface area contributed by atoms with Crippen LogP contribution in [0.5, 0.6) is 0 Å². The number of aliphatic imine (C=N–C) groups is 1. The molecule has 0 aliphatic rings. The summed E-state index contributed by atoms with van der Waals surface area (Å²) in [4.78, 5) is 7.64. The number of hydrogen-bond donors (Lipinski definition) is 3. The van der Waals surface area contributed by atoms with E-state index in [4.69, 9.17) is 0 Å². The van der Waals surface area contributed by atoms with E-state index in [9.17, 15) is 0 Å². The van der Waals surface area contributed by atoms with E-state index in [-0.39, 0.29) is 24.0 Å². The number of benzene rings is 2. The molecule has 3 aromatic rings. The molecule has 1 aromatic heterocycles. The molecule has 0 spiro atoms. The van der Waals surface area contributed by atoms with Crippen molar-refractivity contribution in [1.82, 2.24) is 15.6 Å². The van der Waals surface area contributed by atoms with E-state index in [2.05, 4.69) is 64.1 Å². The maximum atomic E-state index is 4.29. The van der Waals surface area contributed by atoms with Crippen LogP contribution in [0.2, 0.25) is 0 Å². The van der Waals surface area contributed by atoms with Gasteiger partial charge < -0.3 is 15.6 Å². The Balaban J connectivity index is 0.00000225. The third-order valence-corrected chi connectivity index (χ3v) is 4.21. The molecule has 0 fully saturated rings. The summed E-state index contributed by atoms with van der Waals surface area (Å²) in [6, 6.07) is 16.7. The van der Waals surface area contributed by atoms with Gasteiger partial charge >= 0.3 is 0 Å². The predicted octanol–water partition coefficient (Wildman–Crippen LogP) is 4.00. The van der Waals surface area contributed by atoms with Crippen LogP contribution in [0.15, 0.2) is 59.7 Å². The van der Waals surface area contributed by atoms with Gasteiger partial charge in [0.1, 0.15) is 0 Å². The highest BCUT2D eigenvalue weighted by atomic mass is 127. The van der Waals surface area contributed by atoms with Crippen molar-refractivity contribution in [2.75, 3.05) is 13.6 Å². The largest absolute Gasteiger partial charge is 0.361 e. The standard InChI is InChI=1S/C20H24N4.HI/c1-15-7-6-10-18-19(15)17(14-23-18)11-12-22-20(21-2)24-13-16-8-4-3-5-9-16;/h3-10,14,23H,11-13H2,1-2H3,(H2,21,22,24);1H. The quantitative estimate of drug-likeness (QED) is 0.314. The van der Waals surface area contributed by atoms with Crippen molar-refractivity contribution in [1.29, 1.82) is 0 Å². The number of halogens is 1. The smallest absolute Gasteiger partial charge is 0.191 e. The van der Waals surface area contributed by atoms with E-state index in [0.717, 1.165) is 25.5 Å². The Morgan fingerprint density at radius 2 is 1.84 bits per heavy atom. The molecular formula is C20H25IN4. The molecule has 3 N–H and O–H groups in total. The van der Waals surface area contributed by atoms with Gasteiger partial charge in [-0.3, -0.25) is 4.99 Å². The third-order valence-electron chi connectivity index (χ3n) is 4.21. The number of aryl methyl sites for hydroxylation is 1. The van der Waals surface area contributed by atoms with E-state index < -0.39 is 0 Å². The first-order valence-electron chi connectivity index (χ1n) is 8.32. The molecule has 0 radical (unpaired) electrons. The van der Waals surface area contributed by atoms with Crippen molar-refractivity contribution < 1.29 is 0 Å². The minimum absolute atomic E-state index is 0. The Hall–Kier alpha value is -2.02. The number of aromatic nitrogens is 1. The molecule has 0 saturated heterocycles. The average Bonchev–Trinajstić information content (AvgIpc) is 3.03. The van der Waals surface area contributed by atoms with Gasteiger partial charge in [-0.25, -0.2) is 0 Å². The summed E-state index contributed by atoms with van der Waals surface area (Å²) in [6.07, 6.45) is 3.07. The van der Waals surface area contributed by atoms with Gasteiger partial charge in [-0.2, -0.15) is 0 Å². The molecule has 0 amide bonds. The van der Waals surface area contributed by atoms with Gasteiger partial charge in [0, 0.05) is 37.2 Å². The number of hydrogen-bond acceptors (Lipinski definition) is 1. The monoisotopic (exact) mass is 448 g/mol. The third kappa shape index (κ3) is 4.98. The number of nitrogens with one attached hydrogen (secondary N) is 3. The number of H-pyrrole nitrogens is 1. The number of aromatic amines is 1. The normalized spacial score (nSPS) is 11.2. The summed E-state index contributed by atoms with van der Waals surface area (Å²) in [5.41, 5.74) is 5.11. The first-order chi connectivity index (χ1) is 11.8. The Kier molecular flexibility index (Phi) is 7.31. The molecule has 25 heavy (non-hydrogen) atoms. The molecule has 0 aliphatic carbocycles. The first kappa shape index (κ1) is 19.3. The summed E-state index contributed by atoms with van der Waals surface area (Å²) in [5, 5.41) is 8.07. The van der Waals surface area contributed by atoms with Crippen LogP contribution in [-0.2, 0) is 13.0 Å². The molecule has 2 aromatic carbocycles. The Morgan fingerprint density at radius 3 is 2.60 bits per heavy atom. The van der Waals surface area contributed by atoms with Crippen molar-refractivity contribution >= 4 is 40.8 Å². The highest BCUT2D eigenvalue weighted by molar-refractivity contribution is 14.0. The first-order valence-corrected chi connectivity index (χ1v) is 8.32.